The van der Waals surface area contributed by atoms with Crippen molar-refractivity contribution in [3.8, 4) is 23.0 Å². The minimum absolute atomic E-state index is 0.0498. The summed E-state index contributed by atoms with van der Waals surface area (Å²) in [4.78, 5) is 13.8. The lowest BCUT2D eigenvalue weighted by Gasteiger charge is -2.30. The van der Waals surface area contributed by atoms with Crippen LogP contribution in [-0.2, 0) is 4.79 Å². The van der Waals surface area contributed by atoms with E-state index in [4.69, 9.17) is 14.2 Å². The maximum Gasteiger partial charge on any atom is 0.200 e. The molecule has 3 aromatic rings. The van der Waals surface area contributed by atoms with Gasteiger partial charge in [0.05, 0.1) is 38.2 Å². The van der Waals surface area contributed by atoms with Gasteiger partial charge in [0, 0.05) is 17.7 Å². The molecule has 2 atom stereocenters. The summed E-state index contributed by atoms with van der Waals surface area (Å²) in [6, 6.07) is 19.1. The Morgan fingerprint density at radius 3 is 2.24 bits per heavy atom. The summed E-state index contributed by atoms with van der Waals surface area (Å²) in [5.41, 5.74) is 5.25. The zero-order valence-electron chi connectivity index (χ0n) is 21.3. The number of benzene rings is 3. The highest BCUT2D eigenvalue weighted by Crippen LogP contribution is 2.47. The fraction of sp³-hybridized carbons (Fsp3) is 0.300. The monoisotopic (exact) mass is 500 g/mol. The molecule has 3 N–H and O–H groups in total. The number of rotatable bonds is 7. The molecule has 1 heterocycles. The van der Waals surface area contributed by atoms with Gasteiger partial charge in [0.2, 0.25) is 5.75 Å². The summed E-state index contributed by atoms with van der Waals surface area (Å²) in [5, 5.41) is 17.6. The highest BCUT2D eigenvalue weighted by atomic mass is 16.5. The SMILES string of the molecule is CCCOc1ccc(C2CC(=O)C3=C(C2)Nc2ccccc2NC3c2cc(OC)c(O)c(OC)c2)cc1. The number of anilines is 2. The fourth-order valence-electron chi connectivity index (χ4n) is 5.11. The van der Waals surface area contributed by atoms with Crippen LogP contribution in [0, 0.1) is 0 Å². The Kier molecular flexibility index (Phi) is 6.95. The molecule has 0 aromatic heterocycles. The Bertz CT molecular complexity index is 1310. The molecule has 2 aliphatic rings. The topological polar surface area (TPSA) is 89.1 Å². The van der Waals surface area contributed by atoms with Crippen molar-refractivity contribution in [3.05, 3.63) is 83.1 Å². The van der Waals surface area contributed by atoms with Gasteiger partial charge in [-0.25, -0.2) is 0 Å². The van der Waals surface area contributed by atoms with E-state index in [9.17, 15) is 9.90 Å². The van der Waals surface area contributed by atoms with E-state index in [-0.39, 0.29) is 28.9 Å². The van der Waals surface area contributed by atoms with Crippen LogP contribution >= 0.6 is 0 Å². The molecule has 7 nitrogen and oxygen atoms in total. The Labute approximate surface area is 217 Å². The van der Waals surface area contributed by atoms with Crippen molar-refractivity contribution in [1.82, 2.24) is 0 Å². The first-order valence-corrected chi connectivity index (χ1v) is 12.6. The van der Waals surface area contributed by atoms with Crippen LogP contribution in [0.25, 0.3) is 0 Å². The number of allylic oxidation sites excluding steroid dienone is 1. The van der Waals surface area contributed by atoms with Gasteiger partial charge in [0.25, 0.3) is 0 Å². The van der Waals surface area contributed by atoms with E-state index in [1.807, 2.05) is 36.4 Å². The molecule has 0 radical (unpaired) electrons. The van der Waals surface area contributed by atoms with Crippen LogP contribution in [-0.4, -0.2) is 31.7 Å². The molecule has 0 saturated heterocycles. The van der Waals surface area contributed by atoms with Crippen molar-refractivity contribution in [3.63, 3.8) is 0 Å². The van der Waals surface area contributed by atoms with Crippen molar-refractivity contribution in [2.24, 2.45) is 0 Å². The van der Waals surface area contributed by atoms with E-state index in [1.54, 1.807) is 12.1 Å². The molecule has 0 fully saturated rings. The maximum absolute atomic E-state index is 13.8. The van der Waals surface area contributed by atoms with Crippen LogP contribution in [0.5, 0.6) is 23.0 Å². The molecule has 37 heavy (non-hydrogen) atoms. The molecule has 1 aliphatic heterocycles. The van der Waals surface area contributed by atoms with Crippen LogP contribution in [0.3, 0.4) is 0 Å². The number of ether oxygens (including phenoxy) is 3. The Morgan fingerprint density at radius 1 is 0.919 bits per heavy atom. The average molecular weight is 501 g/mol. The number of phenols is 1. The molecule has 0 saturated carbocycles. The van der Waals surface area contributed by atoms with E-state index in [0.717, 1.165) is 40.4 Å². The van der Waals surface area contributed by atoms with Gasteiger partial charge in [0.1, 0.15) is 5.75 Å². The summed E-state index contributed by atoms with van der Waals surface area (Å²) >= 11 is 0. The van der Waals surface area contributed by atoms with Crippen LogP contribution in [0.1, 0.15) is 49.3 Å². The van der Waals surface area contributed by atoms with Gasteiger partial charge < -0.3 is 30.0 Å². The molecule has 5 rings (SSSR count). The maximum atomic E-state index is 13.8. The van der Waals surface area contributed by atoms with Crippen molar-refractivity contribution in [2.45, 2.75) is 38.1 Å². The van der Waals surface area contributed by atoms with Gasteiger partial charge in [0.15, 0.2) is 17.3 Å². The third-order valence-electron chi connectivity index (χ3n) is 6.97. The lowest BCUT2D eigenvalue weighted by atomic mass is 9.78. The van der Waals surface area contributed by atoms with E-state index in [0.29, 0.717) is 25.0 Å². The first kappa shape index (κ1) is 24.6. The zero-order valence-corrected chi connectivity index (χ0v) is 21.3. The number of ketones is 1. The Hall–Kier alpha value is -4.13. The van der Waals surface area contributed by atoms with Crippen molar-refractivity contribution < 1.29 is 24.1 Å². The second-order valence-electron chi connectivity index (χ2n) is 9.36. The predicted octanol–water partition coefficient (Wildman–Crippen LogP) is 6.18. The first-order valence-electron chi connectivity index (χ1n) is 12.6. The van der Waals surface area contributed by atoms with Crippen LogP contribution < -0.4 is 24.8 Å². The van der Waals surface area contributed by atoms with E-state index >= 15 is 0 Å². The van der Waals surface area contributed by atoms with Gasteiger partial charge in [-0.2, -0.15) is 0 Å². The van der Waals surface area contributed by atoms with Gasteiger partial charge in [-0.05, 0) is 66.3 Å². The van der Waals surface area contributed by atoms with Crippen LogP contribution in [0.2, 0.25) is 0 Å². The van der Waals surface area contributed by atoms with E-state index < -0.39 is 6.04 Å². The Morgan fingerprint density at radius 2 is 1.59 bits per heavy atom. The minimum atomic E-state index is -0.451. The number of para-hydroxylation sites is 2. The fourth-order valence-corrected chi connectivity index (χ4v) is 5.11. The third kappa shape index (κ3) is 4.81. The highest BCUT2D eigenvalue weighted by Gasteiger charge is 2.36. The quantitative estimate of drug-likeness (QED) is 0.357. The smallest absolute Gasteiger partial charge is 0.200 e. The van der Waals surface area contributed by atoms with E-state index in [1.165, 1.54) is 14.2 Å². The number of methoxy groups -OCH3 is 2. The molecule has 0 spiro atoms. The van der Waals surface area contributed by atoms with Crippen molar-refractivity contribution in [2.75, 3.05) is 31.5 Å². The van der Waals surface area contributed by atoms with Crippen LogP contribution in [0.4, 0.5) is 11.4 Å². The number of carbonyl (C=O) groups excluding carboxylic acids is 1. The molecule has 2 unspecified atom stereocenters. The third-order valence-corrected chi connectivity index (χ3v) is 6.97. The highest BCUT2D eigenvalue weighted by molar-refractivity contribution is 6.01. The summed E-state index contributed by atoms with van der Waals surface area (Å²) in [7, 11) is 2.99. The zero-order chi connectivity index (χ0) is 25.9. The number of carbonyl (C=O) groups is 1. The summed E-state index contributed by atoms with van der Waals surface area (Å²) in [6.07, 6.45) is 2.04. The largest absolute Gasteiger partial charge is 0.502 e. The number of Topliss-reactive ketones (excluding diaryl/α,β-unsaturated/α-hetero) is 1. The molecule has 1 aliphatic carbocycles. The standard InChI is InChI=1S/C30H32N2O5/c1-4-13-37-21-11-9-18(10-12-21)19-14-24-28(25(33)15-19)29(32-23-8-6-5-7-22(23)31-24)20-16-26(35-2)30(34)27(17-20)36-3/h5-12,16-17,19,29,31-32,34H,4,13-15H2,1-3H3. The normalized spacial score (nSPS) is 18.6. The molecule has 3 aromatic carbocycles. The number of hydrogen-bond acceptors (Lipinski definition) is 7. The lowest BCUT2D eigenvalue weighted by molar-refractivity contribution is -0.116. The Balaban J connectivity index is 1.56. The summed E-state index contributed by atoms with van der Waals surface area (Å²) in [5.74, 6) is 1.46. The van der Waals surface area contributed by atoms with Crippen molar-refractivity contribution in [1.29, 1.82) is 0 Å². The second kappa shape index (κ2) is 10.5. The number of nitrogens with one attached hydrogen (secondary N) is 2. The van der Waals surface area contributed by atoms with Gasteiger partial charge in [-0.1, -0.05) is 31.2 Å². The lowest BCUT2D eigenvalue weighted by Crippen LogP contribution is -2.27. The number of hydrogen-bond donors (Lipinski definition) is 3. The molecule has 7 heteroatoms. The van der Waals surface area contributed by atoms with Crippen LogP contribution in [0.15, 0.2) is 71.9 Å². The van der Waals surface area contributed by atoms with Gasteiger partial charge in [-0.15, -0.1) is 0 Å². The predicted molar refractivity (Wildman–Crippen MR) is 144 cm³/mol. The van der Waals surface area contributed by atoms with E-state index in [2.05, 4.69) is 29.7 Å². The average Bonchev–Trinajstić information content (AvgIpc) is 3.09. The molecule has 0 bridgehead atoms. The number of aromatic hydroxyl groups is 1. The van der Waals surface area contributed by atoms with Gasteiger partial charge >= 0.3 is 0 Å². The molecule has 0 amide bonds. The molecular formula is C30H32N2O5. The minimum Gasteiger partial charge on any atom is -0.502 e. The second-order valence-corrected chi connectivity index (χ2v) is 9.36. The molecular weight excluding hydrogens is 468 g/mol. The molecule has 192 valence electrons. The number of fused-ring (bicyclic) bond motifs is 1. The number of phenolic OH excluding ortho intramolecular Hbond substituents is 1. The first-order chi connectivity index (χ1) is 18.0. The summed E-state index contributed by atoms with van der Waals surface area (Å²) in [6.45, 7) is 2.76. The summed E-state index contributed by atoms with van der Waals surface area (Å²) < 4.78 is 16.5. The van der Waals surface area contributed by atoms with Crippen molar-refractivity contribution >= 4 is 17.2 Å². The van der Waals surface area contributed by atoms with Gasteiger partial charge in [-0.3, -0.25) is 4.79 Å².